The van der Waals surface area contributed by atoms with Crippen LogP contribution in [0.1, 0.15) is 33.5 Å². The van der Waals surface area contributed by atoms with E-state index in [1.54, 1.807) is 24.3 Å². The van der Waals surface area contributed by atoms with Crippen LogP contribution in [0.15, 0.2) is 59.2 Å². The molecule has 140 valence electrons. The molecule has 4 N–H and O–H groups in total. The number of carbonyl (C=O) groups excluding carboxylic acids is 1. The number of nitrogens with two attached hydrogens (primary N) is 1. The van der Waals surface area contributed by atoms with Gasteiger partial charge in [0, 0.05) is 11.6 Å². The Morgan fingerprint density at radius 3 is 2.52 bits per heavy atom. The maximum atomic E-state index is 12.2. The minimum Gasteiger partial charge on any atom is -0.508 e. The average Bonchev–Trinajstić information content (AvgIpc) is 3.16. The summed E-state index contributed by atoms with van der Waals surface area (Å²) >= 11 is 5.85. The third kappa shape index (κ3) is 5.32. The Kier molecular flexibility index (Phi) is 6.11. The van der Waals surface area contributed by atoms with Crippen molar-refractivity contribution in [2.24, 2.45) is 5.73 Å². The number of rotatable bonds is 7. The number of nitrogens with one attached hydrogen (secondary N) is 1. The Balaban J connectivity index is 1.52. The third-order valence-corrected chi connectivity index (χ3v) is 4.33. The van der Waals surface area contributed by atoms with Gasteiger partial charge in [-0.2, -0.15) is 0 Å². The average molecular weight is 386 g/mol. The fourth-order valence-electron chi connectivity index (χ4n) is 2.60. The number of oxazole rings is 1. The monoisotopic (exact) mass is 385 g/mol. The zero-order valence-corrected chi connectivity index (χ0v) is 15.3. The summed E-state index contributed by atoms with van der Waals surface area (Å²) in [6.07, 6.45) is 2.48. The molecule has 0 bridgehead atoms. The van der Waals surface area contributed by atoms with Crippen molar-refractivity contribution in [1.82, 2.24) is 10.3 Å². The first-order valence-corrected chi connectivity index (χ1v) is 8.90. The lowest BCUT2D eigenvalue weighted by atomic mass is 10.1. The molecule has 27 heavy (non-hydrogen) atoms. The van der Waals surface area contributed by atoms with E-state index in [1.807, 2.05) is 24.3 Å². The van der Waals surface area contributed by atoms with E-state index >= 15 is 0 Å². The normalized spacial score (nSPS) is 11.9. The number of aromatic nitrogens is 1. The molecule has 0 aliphatic rings. The summed E-state index contributed by atoms with van der Waals surface area (Å²) in [4.78, 5) is 16.4. The predicted molar refractivity (Wildman–Crippen MR) is 103 cm³/mol. The van der Waals surface area contributed by atoms with Crippen molar-refractivity contribution in [3.05, 3.63) is 82.5 Å². The summed E-state index contributed by atoms with van der Waals surface area (Å²) in [6.45, 7) is 0.474. The zero-order chi connectivity index (χ0) is 19.2. The van der Waals surface area contributed by atoms with Crippen LogP contribution in [0.25, 0.3) is 0 Å². The second-order valence-electron chi connectivity index (χ2n) is 6.18. The van der Waals surface area contributed by atoms with Crippen molar-refractivity contribution < 1.29 is 14.3 Å². The zero-order valence-electron chi connectivity index (χ0n) is 14.6. The number of amides is 1. The Labute approximate surface area is 162 Å². The first-order valence-electron chi connectivity index (χ1n) is 8.53. The molecule has 1 heterocycles. The summed E-state index contributed by atoms with van der Waals surface area (Å²) in [6, 6.07) is 13.7. The summed E-state index contributed by atoms with van der Waals surface area (Å²) in [5, 5.41) is 12.8. The molecule has 0 saturated heterocycles. The molecule has 0 saturated carbocycles. The van der Waals surface area contributed by atoms with Crippen LogP contribution < -0.4 is 11.1 Å². The summed E-state index contributed by atoms with van der Waals surface area (Å²) in [5.41, 5.74) is 8.32. The Bertz CT molecular complexity index is 892. The number of aromatic hydroxyl groups is 1. The number of hydrogen-bond donors (Lipinski definition) is 3. The Morgan fingerprint density at radius 2 is 1.81 bits per heavy atom. The van der Waals surface area contributed by atoms with Crippen LogP contribution in [0.5, 0.6) is 5.75 Å². The number of hydrogen-bond acceptors (Lipinski definition) is 5. The molecule has 2 aromatic carbocycles. The van der Waals surface area contributed by atoms with Gasteiger partial charge in [0.05, 0.1) is 6.04 Å². The molecule has 3 aromatic rings. The summed E-state index contributed by atoms with van der Waals surface area (Å²) in [5.74, 6) is 0.183. The van der Waals surface area contributed by atoms with Gasteiger partial charge in [-0.25, -0.2) is 4.98 Å². The lowest BCUT2D eigenvalue weighted by Crippen LogP contribution is -2.26. The van der Waals surface area contributed by atoms with Crippen LogP contribution in [0.2, 0.25) is 5.02 Å². The fraction of sp³-hybridized carbons (Fsp3) is 0.200. The molecule has 1 amide bonds. The van der Waals surface area contributed by atoms with Gasteiger partial charge in [0.2, 0.25) is 5.89 Å². The highest BCUT2D eigenvalue weighted by molar-refractivity contribution is 6.30. The number of phenols is 1. The van der Waals surface area contributed by atoms with Crippen LogP contribution in [0.4, 0.5) is 0 Å². The molecule has 7 heteroatoms. The summed E-state index contributed by atoms with van der Waals surface area (Å²) < 4.78 is 5.36. The van der Waals surface area contributed by atoms with Crippen LogP contribution in [-0.4, -0.2) is 22.5 Å². The highest BCUT2D eigenvalue weighted by atomic mass is 35.5. The summed E-state index contributed by atoms with van der Waals surface area (Å²) in [7, 11) is 0. The van der Waals surface area contributed by atoms with Crippen LogP contribution in [0, 0.1) is 0 Å². The van der Waals surface area contributed by atoms with Gasteiger partial charge in [-0.3, -0.25) is 4.79 Å². The van der Waals surface area contributed by atoms with Gasteiger partial charge in [-0.1, -0.05) is 35.9 Å². The Hall–Kier alpha value is -2.83. The van der Waals surface area contributed by atoms with Crippen molar-refractivity contribution >= 4 is 17.5 Å². The largest absolute Gasteiger partial charge is 0.508 e. The molecule has 1 unspecified atom stereocenters. The van der Waals surface area contributed by atoms with E-state index in [1.165, 1.54) is 6.26 Å². The molecule has 3 rings (SSSR count). The first-order chi connectivity index (χ1) is 13.0. The topological polar surface area (TPSA) is 101 Å². The van der Waals surface area contributed by atoms with Gasteiger partial charge in [-0.15, -0.1) is 0 Å². The highest BCUT2D eigenvalue weighted by Gasteiger charge is 2.17. The second-order valence-corrected chi connectivity index (χ2v) is 6.62. The number of phenolic OH excluding ortho intramolecular Hbond substituents is 1. The lowest BCUT2D eigenvalue weighted by molar-refractivity contribution is 0.0949. The molecular weight excluding hydrogens is 366 g/mol. The van der Waals surface area contributed by atoms with Crippen molar-refractivity contribution in [1.29, 1.82) is 0 Å². The van der Waals surface area contributed by atoms with E-state index in [9.17, 15) is 9.90 Å². The minimum absolute atomic E-state index is 0.195. The molecule has 0 aliphatic heterocycles. The first kappa shape index (κ1) is 18.9. The van der Waals surface area contributed by atoms with Crippen LogP contribution in [-0.2, 0) is 12.8 Å². The number of nitrogens with zero attached hydrogens (tertiary/aromatic N) is 1. The Morgan fingerprint density at radius 1 is 1.15 bits per heavy atom. The van der Waals surface area contributed by atoms with Crippen molar-refractivity contribution in [2.75, 3.05) is 6.54 Å². The van der Waals surface area contributed by atoms with Crippen LogP contribution >= 0.6 is 11.6 Å². The van der Waals surface area contributed by atoms with Gasteiger partial charge in [0.15, 0.2) is 5.69 Å². The van der Waals surface area contributed by atoms with Gasteiger partial charge < -0.3 is 20.6 Å². The van der Waals surface area contributed by atoms with E-state index in [0.717, 1.165) is 11.1 Å². The van der Waals surface area contributed by atoms with E-state index in [0.29, 0.717) is 30.3 Å². The maximum Gasteiger partial charge on any atom is 0.273 e. The lowest BCUT2D eigenvalue weighted by Gasteiger charge is -2.07. The van der Waals surface area contributed by atoms with Crippen LogP contribution in [0.3, 0.4) is 0 Å². The molecule has 0 aliphatic carbocycles. The van der Waals surface area contributed by atoms with Gasteiger partial charge in [-0.05, 0) is 48.2 Å². The predicted octanol–water partition coefficient (Wildman–Crippen LogP) is 3.25. The van der Waals surface area contributed by atoms with Gasteiger partial charge in [0.25, 0.3) is 5.91 Å². The smallest absolute Gasteiger partial charge is 0.273 e. The standard InChI is InChI=1S/C20H20ClN3O3/c21-15-5-1-13(2-6-15)9-10-23-19(26)18-12-27-20(24-18)17(22)11-14-3-7-16(25)8-4-14/h1-8,12,17,25H,9-11,22H2,(H,23,26). The molecule has 0 fully saturated rings. The van der Waals surface area contributed by atoms with Gasteiger partial charge in [0.1, 0.15) is 12.0 Å². The highest BCUT2D eigenvalue weighted by Crippen LogP contribution is 2.18. The quantitative estimate of drug-likeness (QED) is 0.579. The SMILES string of the molecule is NC(Cc1ccc(O)cc1)c1nc(C(=O)NCCc2ccc(Cl)cc2)co1. The minimum atomic E-state index is -0.481. The number of carbonyl (C=O) groups is 1. The van der Waals surface area contributed by atoms with Gasteiger partial charge >= 0.3 is 0 Å². The molecular formula is C20H20ClN3O3. The molecule has 1 atom stereocenters. The van der Waals surface area contributed by atoms with E-state index in [2.05, 4.69) is 10.3 Å². The third-order valence-electron chi connectivity index (χ3n) is 4.08. The molecule has 6 nitrogen and oxygen atoms in total. The van der Waals surface area contributed by atoms with E-state index in [-0.39, 0.29) is 17.4 Å². The number of halogens is 1. The van der Waals surface area contributed by atoms with Crippen molar-refractivity contribution in [2.45, 2.75) is 18.9 Å². The van der Waals surface area contributed by atoms with E-state index < -0.39 is 6.04 Å². The number of benzene rings is 2. The second kappa shape index (κ2) is 8.70. The van der Waals surface area contributed by atoms with Crippen molar-refractivity contribution in [3.8, 4) is 5.75 Å². The van der Waals surface area contributed by atoms with Crippen molar-refractivity contribution in [3.63, 3.8) is 0 Å². The fourth-order valence-corrected chi connectivity index (χ4v) is 2.72. The van der Waals surface area contributed by atoms with E-state index in [4.69, 9.17) is 21.8 Å². The molecule has 0 spiro atoms. The maximum absolute atomic E-state index is 12.2. The molecule has 1 aromatic heterocycles. The molecule has 0 radical (unpaired) electrons.